The van der Waals surface area contributed by atoms with Crippen molar-refractivity contribution in [2.24, 2.45) is 5.92 Å². The lowest BCUT2D eigenvalue weighted by atomic mass is 9.93. The fourth-order valence-electron chi connectivity index (χ4n) is 7.77. The van der Waals surface area contributed by atoms with Gasteiger partial charge in [-0.3, -0.25) is 19.6 Å². The molecule has 2 aliphatic heterocycles. The molecule has 0 radical (unpaired) electrons. The van der Waals surface area contributed by atoms with Gasteiger partial charge in [-0.05, 0) is 103 Å². The van der Waals surface area contributed by atoms with E-state index in [9.17, 15) is 20.3 Å². The first kappa shape index (κ1) is 34.4. The van der Waals surface area contributed by atoms with Crippen LogP contribution in [0.1, 0.15) is 47.1 Å². The number of oxazole rings is 1. The van der Waals surface area contributed by atoms with E-state index in [-0.39, 0.29) is 12.0 Å². The van der Waals surface area contributed by atoms with Gasteiger partial charge in [0, 0.05) is 50.2 Å². The molecule has 0 saturated carbocycles. The number of aliphatic hydroxyl groups excluding tert-OH is 1. The number of benzene rings is 3. The van der Waals surface area contributed by atoms with Crippen LogP contribution in [-0.4, -0.2) is 78.2 Å². The number of nitrogens with one attached hydrogen (secondary N) is 1. The lowest BCUT2D eigenvalue weighted by Crippen LogP contribution is -2.38. The molecule has 3 aromatic heterocycles. The van der Waals surface area contributed by atoms with Gasteiger partial charge in [-0.25, -0.2) is 15.0 Å². The Labute approximate surface area is 306 Å². The summed E-state index contributed by atoms with van der Waals surface area (Å²) in [6, 6.07) is 20.2. The highest BCUT2D eigenvalue weighted by Gasteiger charge is 2.26. The molecule has 3 N–H and O–H groups in total. The zero-order valence-electron chi connectivity index (χ0n) is 29.7. The molecule has 2 saturated heterocycles. The second kappa shape index (κ2) is 14.4. The van der Waals surface area contributed by atoms with Crippen LogP contribution in [0.2, 0.25) is 0 Å². The van der Waals surface area contributed by atoms with E-state index < -0.39 is 5.97 Å². The summed E-state index contributed by atoms with van der Waals surface area (Å²) >= 11 is 0. The number of aliphatic hydroxyl groups is 1. The maximum atomic E-state index is 11.6. The number of pyridine rings is 1. The molecule has 0 amide bonds. The van der Waals surface area contributed by atoms with E-state index in [1.807, 2.05) is 55.6 Å². The van der Waals surface area contributed by atoms with Gasteiger partial charge in [0.15, 0.2) is 11.4 Å². The number of hydrogen-bond donors (Lipinski definition) is 3. The van der Waals surface area contributed by atoms with E-state index in [2.05, 4.69) is 50.2 Å². The van der Waals surface area contributed by atoms with Gasteiger partial charge >= 0.3 is 5.97 Å². The second-order valence-corrected chi connectivity index (χ2v) is 14.2. The Hall–Kier alpha value is -5.74. The minimum Gasteiger partial charge on any atom is -0.481 e. The molecule has 268 valence electrons. The summed E-state index contributed by atoms with van der Waals surface area (Å²) in [5.41, 5.74) is 10.6. The summed E-state index contributed by atoms with van der Waals surface area (Å²) in [7, 11) is 0. The molecule has 12 heteroatoms. The summed E-state index contributed by atoms with van der Waals surface area (Å²) in [6.45, 7) is 8.21. The number of nitriles is 1. The molecule has 3 aromatic carbocycles. The number of fused-ring (bicyclic) bond motifs is 2. The zero-order valence-corrected chi connectivity index (χ0v) is 29.7. The number of aliphatic carboxylic acids is 1. The summed E-state index contributed by atoms with van der Waals surface area (Å²) in [5.74, 6) is -0.0913. The summed E-state index contributed by atoms with van der Waals surface area (Å²) < 4.78 is 6.29. The number of nitrogens with zero attached hydrogens (tertiary/aromatic N) is 7. The number of carboxylic acid groups (broad SMARTS) is 1. The predicted molar refractivity (Wildman–Crippen MR) is 201 cm³/mol. The first-order valence-corrected chi connectivity index (χ1v) is 18.0. The van der Waals surface area contributed by atoms with Crippen molar-refractivity contribution in [3.05, 3.63) is 94.9 Å². The van der Waals surface area contributed by atoms with Gasteiger partial charge in [0.05, 0.1) is 23.1 Å². The highest BCUT2D eigenvalue weighted by atomic mass is 16.4. The number of anilines is 2. The van der Waals surface area contributed by atoms with Gasteiger partial charge in [0.1, 0.15) is 23.4 Å². The van der Waals surface area contributed by atoms with Gasteiger partial charge in [0.25, 0.3) is 0 Å². The smallest absolute Gasteiger partial charge is 0.307 e. The van der Waals surface area contributed by atoms with Crippen LogP contribution >= 0.6 is 0 Å². The summed E-state index contributed by atoms with van der Waals surface area (Å²) in [5, 5.41) is 33.0. The molecule has 2 aliphatic rings. The predicted octanol–water partition coefficient (Wildman–Crippen LogP) is 6.60. The molecule has 0 bridgehead atoms. The molecule has 8 rings (SSSR count). The van der Waals surface area contributed by atoms with E-state index in [0.29, 0.717) is 66.5 Å². The van der Waals surface area contributed by atoms with Crippen LogP contribution in [0.5, 0.6) is 0 Å². The Morgan fingerprint density at radius 1 is 0.925 bits per heavy atom. The molecule has 0 spiro atoms. The highest BCUT2D eigenvalue weighted by molar-refractivity contribution is 5.89. The molecule has 2 atom stereocenters. The number of aromatic nitrogens is 4. The van der Waals surface area contributed by atoms with Crippen molar-refractivity contribution in [1.82, 2.24) is 29.7 Å². The van der Waals surface area contributed by atoms with E-state index in [0.717, 1.165) is 76.1 Å². The van der Waals surface area contributed by atoms with Crippen LogP contribution in [0.4, 0.5) is 11.5 Å². The van der Waals surface area contributed by atoms with Crippen molar-refractivity contribution in [2.45, 2.75) is 52.3 Å². The zero-order chi connectivity index (χ0) is 36.6. The van der Waals surface area contributed by atoms with Crippen LogP contribution in [0, 0.1) is 31.1 Å². The quantitative estimate of drug-likeness (QED) is 0.148. The van der Waals surface area contributed by atoms with Gasteiger partial charge in [-0.15, -0.1) is 0 Å². The number of piperidine rings is 1. The lowest BCUT2D eigenvalue weighted by Gasteiger charge is -2.30. The highest BCUT2D eigenvalue weighted by Crippen LogP contribution is 2.38. The summed E-state index contributed by atoms with van der Waals surface area (Å²) in [4.78, 5) is 34.6. The minimum absolute atomic E-state index is 0.270. The van der Waals surface area contributed by atoms with Crippen LogP contribution in [0.25, 0.3) is 44.7 Å². The molecule has 0 aliphatic carbocycles. The number of β-amino-alcohol motifs (C(OH)–C–C–N with tert-alkyl or cyclic N) is 1. The van der Waals surface area contributed by atoms with Gasteiger partial charge in [-0.2, -0.15) is 5.26 Å². The molecular formula is C41H40N8O4. The molecular weight excluding hydrogens is 669 g/mol. The van der Waals surface area contributed by atoms with Crippen molar-refractivity contribution in [1.29, 1.82) is 5.26 Å². The topological polar surface area (TPSA) is 165 Å². The first-order chi connectivity index (χ1) is 25.7. The van der Waals surface area contributed by atoms with Crippen LogP contribution in [0.15, 0.2) is 71.5 Å². The van der Waals surface area contributed by atoms with Crippen LogP contribution in [-0.2, 0) is 17.9 Å². The van der Waals surface area contributed by atoms with Gasteiger partial charge < -0.3 is 19.9 Å². The fraction of sp³-hybridized carbons (Fsp3) is 0.317. The lowest BCUT2D eigenvalue weighted by molar-refractivity contribution is -0.143. The van der Waals surface area contributed by atoms with E-state index in [1.54, 1.807) is 6.33 Å². The maximum absolute atomic E-state index is 11.6. The minimum atomic E-state index is -0.762. The number of carbonyl (C=O) groups is 1. The Bertz CT molecular complexity index is 2400. The van der Waals surface area contributed by atoms with E-state index >= 15 is 0 Å². The van der Waals surface area contributed by atoms with E-state index in [4.69, 9.17) is 14.4 Å². The SMILES string of the molecule is Cc1c(Nc2ncnc3cc(CN4CC[C@@H](O)C4)cnc23)cccc1-c1cccc(-c2nc3cc(CN4CCC[C@H](C(=O)O)C4)cc(C#N)c3o2)c1C. The number of hydrogen-bond acceptors (Lipinski definition) is 11. The fourth-order valence-corrected chi connectivity index (χ4v) is 7.77. The Morgan fingerprint density at radius 3 is 2.47 bits per heavy atom. The van der Waals surface area contributed by atoms with Crippen LogP contribution < -0.4 is 5.32 Å². The van der Waals surface area contributed by atoms with Crippen LogP contribution in [0.3, 0.4) is 0 Å². The van der Waals surface area contributed by atoms with Gasteiger partial charge in [-0.1, -0.05) is 24.3 Å². The Kier molecular flexibility index (Phi) is 9.30. The third-order valence-corrected chi connectivity index (χ3v) is 10.6. The molecule has 53 heavy (non-hydrogen) atoms. The molecule has 2 fully saturated rings. The standard InChI is InChI=1S/C41H40N8O4/c1-24-31(7-3-9-33(24)40-47-36-15-26(14-29(17-42)38(36)53-40)19-48-12-5-6-28(21-48)41(51)52)32-8-4-10-34(25(32)2)46-39-37-35(44-23-45-39)16-27(18-43-37)20-49-13-11-30(50)22-49/h3-4,7-10,14-16,18,23,28,30,50H,5-6,11-13,19-22H2,1-2H3,(H,51,52)(H,44,45,46)/t28-,30+/m0/s1. The van der Waals surface area contributed by atoms with Crippen molar-refractivity contribution >= 4 is 39.6 Å². The number of carboxylic acids is 1. The second-order valence-electron chi connectivity index (χ2n) is 14.2. The molecule has 12 nitrogen and oxygen atoms in total. The largest absolute Gasteiger partial charge is 0.481 e. The number of rotatable bonds is 9. The average molecular weight is 709 g/mol. The third kappa shape index (κ3) is 6.94. The van der Waals surface area contributed by atoms with Crippen molar-refractivity contribution < 1.29 is 19.4 Å². The average Bonchev–Trinajstić information content (AvgIpc) is 3.78. The molecule has 5 heterocycles. The Balaban J connectivity index is 1.06. The van der Waals surface area contributed by atoms with Crippen molar-refractivity contribution in [3.63, 3.8) is 0 Å². The number of likely N-dealkylation sites (tertiary alicyclic amines) is 2. The summed E-state index contributed by atoms with van der Waals surface area (Å²) in [6.07, 6.45) is 5.44. The third-order valence-electron chi connectivity index (χ3n) is 10.6. The van der Waals surface area contributed by atoms with Gasteiger partial charge in [0.2, 0.25) is 5.89 Å². The molecule has 6 aromatic rings. The van der Waals surface area contributed by atoms with E-state index in [1.165, 1.54) is 0 Å². The maximum Gasteiger partial charge on any atom is 0.307 e. The molecule has 0 unspecified atom stereocenters. The normalized spacial score (nSPS) is 18.1. The van der Waals surface area contributed by atoms with Crippen molar-refractivity contribution in [3.8, 4) is 28.7 Å². The van der Waals surface area contributed by atoms with Crippen molar-refractivity contribution in [2.75, 3.05) is 31.5 Å². The Morgan fingerprint density at radius 2 is 1.68 bits per heavy atom. The monoisotopic (exact) mass is 708 g/mol. The first-order valence-electron chi connectivity index (χ1n) is 18.0.